The topological polar surface area (TPSA) is 42.9 Å². The molecule has 0 aliphatic carbocycles. The lowest BCUT2D eigenvalue weighted by molar-refractivity contribution is 0.112. The molecule has 0 aromatic carbocycles. The molecule has 0 amide bonds. The maximum atomic E-state index is 10.6. The van der Waals surface area contributed by atoms with Gasteiger partial charge in [-0.25, -0.2) is 9.97 Å². The standard InChI is InChI=1S/C10H8N2OS/c1-7-10(2-9(5-13)14-7)8-3-11-6-12-4-8/h2-6H,1H3. The normalized spacial score (nSPS) is 10.1. The van der Waals surface area contributed by atoms with Crippen LogP contribution in [0.25, 0.3) is 11.1 Å². The molecule has 70 valence electrons. The fraction of sp³-hybridized carbons (Fsp3) is 0.100. The van der Waals surface area contributed by atoms with Crippen LogP contribution in [-0.4, -0.2) is 16.3 Å². The Bertz CT molecular complexity index is 450. The summed E-state index contributed by atoms with van der Waals surface area (Å²) >= 11 is 1.49. The number of aryl methyl sites for hydroxylation is 1. The summed E-state index contributed by atoms with van der Waals surface area (Å²) in [5, 5.41) is 0. The molecule has 0 saturated carbocycles. The van der Waals surface area contributed by atoms with E-state index in [0.29, 0.717) is 0 Å². The zero-order chi connectivity index (χ0) is 9.97. The van der Waals surface area contributed by atoms with Crippen LogP contribution in [0.4, 0.5) is 0 Å². The number of aldehydes is 1. The largest absolute Gasteiger partial charge is 0.297 e. The molecule has 0 unspecified atom stereocenters. The molecule has 0 spiro atoms. The van der Waals surface area contributed by atoms with Crippen molar-refractivity contribution in [1.82, 2.24) is 9.97 Å². The first-order valence-electron chi connectivity index (χ1n) is 4.12. The van der Waals surface area contributed by atoms with Crippen LogP contribution in [0.3, 0.4) is 0 Å². The van der Waals surface area contributed by atoms with Gasteiger partial charge in [-0.3, -0.25) is 4.79 Å². The molecule has 0 atom stereocenters. The van der Waals surface area contributed by atoms with E-state index < -0.39 is 0 Å². The summed E-state index contributed by atoms with van der Waals surface area (Å²) in [7, 11) is 0. The van der Waals surface area contributed by atoms with Crippen molar-refractivity contribution in [2.45, 2.75) is 6.92 Å². The minimum atomic E-state index is 0.737. The zero-order valence-electron chi connectivity index (χ0n) is 7.60. The number of carbonyl (C=O) groups is 1. The molecule has 0 saturated heterocycles. The zero-order valence-corrected chi connectivity index (χ0v) is 8.41. The number of hydrogen-bond acceptors (Lipinski definition) is 4. The molecule has 3 nitrogen and oxygen atoms in total. The van der Waals surface area contributed by atoms with E-state index in [0.717, 1.165) is 27.2 Å². The molecule has 0 radical (unpaired) electrons. The molecule has 0 aliphatic rings. The molecule has 2 heterocycles. The molecule has 0 bridgehead atoms. The summed E-state index contributed by atoms with van der Waals surface area (Å²) in [6, 6.07) is 1.87. The molecule has 0 aliphatic heterocycles. The second kappa shape index (κ2) is 3.67. The quantitative estimate of drug-likeness (QED) is 0.705. The van der Waals surface area contributed by atoms with Gasteiger partial charge in [0.05, 0.1) is 4.88 Å². The second-order valence-corrected chi connectivity index (χ2v) is 4.15. The fourth-order valence-electron chi connectivity index (χ4n) is 1.29. The minimum Gasteiger partial charge on any atom is -0.297 e. The summed E-state index contributed by atoms with van der Waals surface area (Å²) < 4.78 is 0. The van der Waals surface area contributed by atoms with Crippen LogP contribution in [0.1, 0.15) is 14.5 Å². The predicted molar refractivity (Wildman–Crippen MR) is 55.5 cm³/mol. The molecule has 14 heavy (non-hydrogen) atoms. The highest BCUT2D eigenvalue weighted by atomic mass is 32.1. The van der Waals surface area contributed by atoms with Crippen molar-refractivity contribution < 1.29 is 4.79 Å². The number of nitrogens with zero attached hydrogens (tertiary/aromatic N) is 2. The van der Waals surface area contributed by atoms with Crippen molar-refractivity contribution in [2.75, 3.05) is 0 Å². The third kappa shape index (κ3) is 1.56. The lowest BCUT2D eigenvalue weighted by Crippen LogP contribution is -1.80. The lowest BCUT2D eigenvalue weighted by Gasteiger charge is -1.96. The molecule has 0 fully saturated rings. The van der Waals surface area contributed by atoms with Gasteiger partial charge >= 0.3 is 0 Å². The molecule has 4 heteroatoms. The molecular weight excluding hydrogens is 196 g/mol. The van der Waals surface area contributed by atoms with Crippen molar-refractivity contribution >= 4 is 17.6 Å². The Balaban J connectivity index is 2.51. The van der Waals surface area contributed by atoms with Crippen molar-refractivity contribution in [3.05, 3.63) is 34.5 Å². The van der Waals surface area contributed by atoms with Crippen molar-refractivity contribution in [3.8, 4) is 11.1 Å². The Morgan fingerprint density at radius 3 is 2.64 bits per heavy atom. The molecule has 2 aromatic rings. The smallest absolute Gasteiger partial charge is 0.160 e. The van der Waals surface area contributed by atoms with Gasteiger partial charge in [-0.1, -0.05) is 0 Å². The SMILES string of the molecule is Cc1sc(C=O)cc1-c1cncnc1. The van der Waals surface area contributed by atoms with Gasteiger partial charge in [0, 0.05) is 22.8 Å². The third-order valence-corrected chi connectivity index (χ3v) is 2.90. The summed E-state index contributed by atoms with van der Waals surface area (Å²) in [6.45, 7) is 1.99. The Hall–Kier alpha value is -1.55. The van der Waals surface area contributed by atoms with Gasteiger partial charge < -0.3 is 0 Å². The summed E-state index contributed by atoms with van der Waals surface area (Å²) in [4.78, 5) is 20.3. The number of carbonyl (C=O) groups excluding carboxylic acids is 1. The average molecular weight is 204 g/mol. The van der Waals surface area contributed by atoms with E-state index in [1.165, 1.54) is 17.7 Å². The van der Waals surface area contributed by atoms with Gasteiger partial charge in [-0.15, -0.1) is 11.3 Å². The molecule has 2 aromatic heterocycles. The van der Waals surface area contributed by atoms with Gasteiger partial charge in [0.2, 0.25) is 0 Å². The first-order valence-corrected chi connectivity index (χ1v) is 4.94. The van der Waals surface area contributed by atoms with Crippen LogP contribution in [0.5, 0.6) is 0 Å². The van der Waals surface area contributed by atoms with Gasteiger partial charge in [0.1, 0.15) is 6.33 Å². The average Bonchev–Trinajstić information content (AvgIpc) is 2.61. The Morgan fingerprint density at radius 1 is 1.36 bits per heavy atom. The van der Waals surface area contributed by atoms with Gasteiger partial charge in [-0.05, 0) is 18.6 Å². The van der Waals surface area contributed by atoms with E-state index in [4.69, 9.17) is 0 Å². The maximum Gasteiger partial charge on any atom is 0.160 e. The van der Waals surface area contributed by atoms with Crippen LogP contribution in [0.2, 0.25) is 0 Å². The van der Waals surface area contributed by atoms with Crippen molar-refractivity contribution in [1.29, 1.82) is 0 Å². The molecule has 2 rings (SSSR count). The van der Waals surface area contributed by atoms with Crippen molar-refractivity contribution in [2.24, 2.45) is 0 Å². The van der Waals surface area contributed by atoms with E-state index in [1.54, 1.807) is 12.4 Å². The van der Waals surface area contributed by atoms with Crippen LogP contribution < -0.4 is 0 Å². The first-order chi connectivity index (χ1) is 6.81. The highest BCUT2D eigenvalue weighted by Gasteiger charge is 2.06. The maximum absolute atomic E-state index is 10.6. The van der Waals surface area contributed by atoms with Gasteiger partial charge in [-0.2, -0.15) is 0 Å². The summed E-state index contributed by atoms with van der Waals surface area (Å²) in [6.07, 6.45) is 5.85. The monoisotopic (exact) mass is 204 g/mol. The molecular formula is C10H8N2OS. The highest BCUT2D eigenvalue weighted by Crippen LogP contribution is 2.28. The Morgan fingerprint density at radius 2 is 2.07 bits per heavy atom. The number of thiophene rings is 1. The number of rotatable bonds is 2. The van der Waals surface area contributed by atoms with E-state index in [9.17, 15) is 4.79 Å². The highest BCUT2D eigenvalue weighted by molar-refractivity contribution is 7.14. The van der Waals surface area contributed by atoms with Crippen molar-refractivity contribution in [3.63, 3.8) is 0 Å². The molecule has 0 N–H and O–H groups in total. The van der Waals surface area contributed by atoms with Gasteiger partial charge in [0.25, 0.3) is 0 Å². The third-order valence-electron chi connectivity index (χ3n) is 1.92. The van der Waals surface area contributed by atoms with Crippen LogP contribution in [0, 0.1) is 6.92 Å². The summed E-state index contributed by atoms with van der Waals surface area (Å²) in [5.74, 6) is 0. The van der Waals surface area contributed by atoms with E-state index in [2.05, 4.69) is 9.97 Å². The summed E-state index contributed by atoms with van der Waals surface area (Å²) in [5.41, 5.74) is 1.99. The first kappa shape index (κ1) is 9.02. The lowest BCUT2D eigenvalue weighted by atomic mass is 10.1. The fourth-order valence-corrected chi connectivity index (χ4v) is 2.15. The Labute approximate surface area is 85.5 Å². The van der Waals surface area contributed by atoms with Crippen LogP contribution in [-0.2, 0) is 0 Å². The van der Waals surface area contributed by atoms with Gasteiger partial charge in [0.15, 0.2) is 6.29 Å². The minimum absolute atomic E-state index is 0.737. The Kier molecular flexibility index (Phi) is 2.37. The van der Waals surface area contributed by atoms with E-state index >= 15 is 0 Å². The van der Waals surface area contributed by atoms with Crippen LogP contribution in [0.15, 0.2) is 24.8 Å². The number of hydrogen-bond donors (Lipinski definition) is 0. The second-order valence-electron chi connectivity index (χ2n) is 2.86. The van der Waals surface area contributed by atoms with E-state index in [1.807, 2.05) is 13.0 Å². The van der Waals surface area contributed by atoms with Crippen LogP contribution >= 0.6 is 11.3 Å². The number of aromatic nitrogens is 2. The van der Waals surface area contributed by atoms with E-state index in [-0.39, 0.29) is 0 Å². The predicted octanol–water partition coefficient (Wildman–Crippen LogP) is 2.33.